The Morgan fingerprint density at radius 2 is 1.70 bits per heavy atom. The lowest BCUT2D eigenvalue weighted by Gasteiger charge is -2.45. The fraction of sp³-hybridized carbons (Fsp3) is 0.520. The fourth-order valence-electron chi connectivity index (χ4n) is 5.96. The number of aryl methyl sites for hydroxylation is 1. The van der Waals surface area contributed by atoms with Gasteiger partial charge in [-0.25, -0.2) is 4.79 Å². The third-order valence-corrected chi connectivity index (χ3v) is 7.49. The SMILES string of the molecule is Cc1cc2c(cc1N1CCCCC1)CC1(CCCCC1)n1cc(C(=O)O)c(=O)cc1-2. The van der Waals surface area contributed by atoms with Crippen LogP contribution < -0.4 is 10.3 Å². The number of carboxylic acid groups (broad SMARTS) is 1. The van der Waals surface area contributed by atoms with E-state index in [9.17, 15) is 14.7 Å². The van der Waals surface area contributed by atoms with Crippen molar-refractivity contribution in [1.82, 2.24) is 4.57 Å². The maximum atomic E-state index is 12.6. The number of rotatable bonds is 2. The van der Waals surface area contributed by atoms with Crippen molar-refractivity contribution in [2.45, 2.75) is 70.3 Å². The second-order valence-corrected chi connectivity index (χ2v) is 9.42. The van der Waals surface area contributed by atoms with Crippen molar-refractivity contribution in [3.8, 4) is 11.3 Å². The summed E-state index contributed by atoms with van der Waals surface area (Å²) in [6.07, 6.45) is 11.9. The van der Waals surface area contributed by atoms with Crippen molar-refractivity contribution >= 4 is 11.7 Å². The first-order chi connectivity index (χ1) is 14.5. The highest BCUT2D eigenvalue weighted by molar-refractivity contribution is 5.88. The van der Waals surface area contributed by atoms with Crippen LogP contribution in [-0.2, 0) is 12.0 Å². The second kappa shape index (κ2) is 7.29. The van der Waals surface area contributed by atoms with Crippen molar-refractivity contribution in [1.29, 1.82) is 0 Å². The van der Waals surface area contributed by atoms with Crippen LogP contribution in [-0.4, -0.2) is 28.7 Å². The lowest BCUT2D eigenvalue weighted by molar-refractivity contribution is 0.0693. The van der Waals surface area contributed by atoms with E-state index < -0.39 is 11.4 Å². The Kier molecular flexibility index (Phi) is 4.72. The third kappa shape index (κ3) is 3.06. The average molecular weight is 407 g/mol. The lowest BCUT2D eigenvalue weighted by Crippen LogP contribution is -2.42. The Hall–Kier alpha value is -2.56. The molecule has 1 spiro atoms. The zero-order valence-electron chi connectivity index (χ0n) is 17.7. The Bertz CT molecular complexity index is 1060. The average Bonchev–Trinajstić information content (AvgIpc) is 2.75. The molecular weight excluding hydrogens is 376 g/mol. The van der Waals surface area contributed by atoms with Gasteiger partial charge in [0.2, 0.25) is 0 Å². The maximum absolute atomic E-state index is 12.6. The number of anilines is 1. The molecular formula is C25H30N2O3. The van der Waals surface area contributed by atoms with Crippen molar-refractivity contribution in [3.63, 3.8) is 0 Å². The van der Waals surface area contributed by atoms with Gasteiger partial charge in [0.05, 0.1) is 5.69 Å². The van der Waals surface area contributed by atoms with Crippen molar-refractivity contribution in [2.75, 3.05) is 18.0 Å². The van der Waals surface area contributed by atoms with Gasteiger partial charge in [0, 0.05) is 42.1 Å². The van der Waals surface area contributed by atoms with Crippen LogP contribution in [0.2, 0.25) is 0 Å². The molecule has 1 aromatic heterocycles. The predicted molar refractivity (Wildman–Crippen MR) is 119 cm³/mol. The summed E-state index contributed by atoms with van der Waals surface area (Å²) >= 11 is 0. The number of piperidine rings is 1. The van der Waals surface area contributed by atoms with Crippen molar-refractivity contribution < 1.29 is 9.90 Å². The smallest absolute Gasteiger partial charge is 0.341 e. The van der Waals surface area contributed by atoms with Gasteiger partial charge >= 0.3 is 5.97 Å². The Balaban J connectivity index is 1.70. The molecule has 1 saturated carbocycles. The van der Waals surface area contributed by atoms with Gasteiger partial charge in [0.25, 0.3) is 0 Å². The summed E-state index contributed by atoms with van der Waals surface area (Å²) in [5.74, 6) is -1.14. The van der Waals surface area contributed by atoms with Crippen LogP contribution in [0.5, 0.6) is 0 Å². The number of hydrogen-bond donors (Lipinski definition) is 1. The van der Waals surface area contributed by atoms with Gasteiger partial charge in [-0.2, -0.15) is 0 Å². The molecule has 1 saturated heterocycles. The van der Waals surface area contributed by atoms with Gasteiger partial charge in [-0.3, -0.25) is 4.79 Å². The summed E-state index contributed by atoms with van der Waals surface area (Å²) in [5.41, 5.74) is 5.23. The Morgan fingerprint density at radius 1 is 1.00 bits per heavy atom. The van der Waals surface area contributed by atoms with E-state index in [0.717, 1.165) is 56.5 Å². The van der Waals surface area contributed by atoms with E-state index in [1.54, 1.807) is 12.3 Å². The van der Waals surface area contributed by atoms with Gasteiger partial charge in [-0.15, -0.1) is 0 Å². The van der Waals surface area contributed by atoms with Crippen LogP contribution in [0, 0.1) is 6.92 Å². The summed E-state index contributed by atoms with van der Waals surface area (Å²) in [5, 5.41) is 9.56. The molecule has 158 valence electrons. The minimum absolute atomic E-state index is 0.117. The topological polar surface area (TPSA) is 62.5 Å². The number of carbonyl (C=O) groups is 1. The molecule has 0 unspecified atom stereocenters. The number of fused-ring (bicyclic) bond motifs is 4. The molecule has 3 heterocycles. The summed E-state index contributed by atoms with van der Waals surface area (Å²) in [6.45, 7) is 4.38. The number of aromatic carboxylic acids is 1. The highest BCUT2D eigenvalue weighted by Crippen LogP contribution is 2.47. The zero-order chi connectivity index (χ0) is 20.9. The number of aromatic nitrogens is 1. The lowest BCUT2D eigenvalue weighted by atomic mass is 9.73. The van der Waals surface area contributed by atoms with Gasteiger partial charge in [0.1, 0.15) is 5.56 Å². The fourth-order valence-corrected chi connectivity index (χ4v) is 5.96. The van der Waals surface area contributed by atoms with Crippen molar-refractivity contribution in [3.05, 3.63) is 51.3 Å². The van der Waals surface area contributed by atoms with Crippen LogP contribution in [0.4, 0.5) is 5.69 Å². The maximum Gasteiger partial charge on any atom is 0.341 e. The first-order valence-corrected chi connectivity index (χ1v) is 11.4. The molecule has 0 radical (unpaired) electrons. The van der Waals surface area contributed by atoms with Gasteiger partial charge < -0.3 is 14.6 Å². The quantitative estimate of drug-likeness (QED) is 0.783. The minimum Gasteiger partial charge on any atom is -0.477 e. The molecule has 2 aliphatic heterocycles. The predicted octanol–water partition coefficient (Wildman–Crippen LogP) is 4.73. The summed E-state index contributed by atoms with van der Waals surface area (Å²) in [6, 6.07) is 6.16. The molecule has 3 aliphatic rings. The standard InChI is InChI=1S/C25H30N2O3/c1-17-12-19-18(13-21(17)26-10-6-3-7-11-26)15-25(8-4-2-5-9-25)27-16-20(24(29)30)23(28)14-22(19)27/h12-14,16H,2-11,15H2,1H3,(H,29,30). The van der Waals surface area contributed by atoms with E-state index in [1.807, 2.05) is 0 Å². The van der Waals surface area contributed by atoms with E-state index in [1.165, 1.54) is 42.5 Å². The molecule has 0 atom stereocenters. The first-order valence-electron chi connectivity index (χ1n) is 11.4. The highest BCUT2D eigenvalue weighted by Gasteiger charge is 2.40. The molecule has 5 heteroatoms. The van der Waals surface area contributed by atoms with E-state index in [-0.39, 0.29) is 11.1 Å². The normalized spacial score (nSPS) is 20.0. The molecule has 1 aliphatic carbocycles. The van der Waals surface area contributed by atoms with Gasteiger partial charge in [-0.1, -0.05) is 19.3 Å². The van der Waals surface area contributed by atoms with Crippen LogP contribution in [0.15, 0.2) is 29.2 Å². The summed E-state index contributed by atoms with van der Waals surface area (Å²) < 4.78 is 2.15. The molecule has 5 rings (SSSR count). The Morgan fingerprint density at radius 3 is 2.40 bits per heavy atom. The Labute approximate surface area is 177 Å². The molecule has 1 N–H and O–H groups in total. The number of benzene rings is 1. The molecule has 2 fully saturated rings. The third-order valence-electron chi connectivity index (χ3n) is 7.49. The number of hydrogen-bond acceptors (Lipinski definition) is 3. The molecule has 1 aromatic carbocycles. The second-order valence-electron chi connectivity index (χ2n) is 9.42. The molecule has 0 bridgehead atoms. The number of pyridine rings is 1. The number of nitrogens with zero attached hydrogens (tertiary/aromatic N) is 2. The number of carboxylic acids is 1. The van der Waals surface area contributed by atoms with E-state index in [2.05, 4.69) is 28.5 Å². The highest BCUT2D eigenvalue weighted by atomic mass is 16.4. The van der Waals surface area contributed by atoms with Crippen molar-refractivity contribution in [2.24, 2.45) is 0 Å². The first kappa shape index (κ1) is 19.4. The molecule has 2 aromatic rings. The van der Waals surface area contributed by atoms with E-state index in [0.29, 0.717) is 0 Å². The molecule has 30 heavy (non-hydrogen) atoms. The molecule has 0 amide bonds. The largest absolute Gasteiger partial charge is 0.477 e. The minimum atomic E-state index is -1.14. The van der Waals surface area contributed by atoms with Gasteiger partial charge in [-0.05, 0) is 68.7 Å². The van der Waals surface area contributed by atoms with Gasteiger partial charge in [0.15, 0.2) is 5.43 Å². The summed E-state index contributed by atoms with van der Waals surface area (Å²) in [4.78, 5) is 26.8. The van der Waals surface area contributed by atoms with E-state index in [4.69, 9.17) is 0 Å². The zero-order valence-corrected chi connectivity index (χ0v) is 17.7. The van der Waals surface area contributed by atoms with Crippen LogP contribution in [0.25, 0.3) is 11.3 Å². The van der Waals surface area contributed by atoms with Crippen LogP contribution in [0.1, 0.15) is 72.9 Å². The monoisotopic (exact) mass is 406 g/mol. The molecule has 5 nitrogen and oxygen atoms in total. The van der Waals surface area contributed by atoms with Crippen LogP contribution >= 0.6 is 0 Å². The van der Waals surface area contributed by atoms with E-state index >= 15 is 0 Å². The van der Waals surface area contributed by atoms with Crippen LogP contribution in [0.3, 0.4) is 0 Å². The summed E-state index contributed by atoms with van der Waals surface area (Å²) in [7, 11) is 0.